The molecule has 0 bridgehead atoms. The average molecular weight is 274 g/mol. The molecule has 0 fully saturated rings. The Kier molecular flexibility index (Phi) is 3.69. The fourth-order valence-electron chi connectivity index (χ4n) is 1.66. The molecule has 2 rings (SSSR count). The van der Waals surface area contributed by atoms with Crippen LogP contribution in [0.2, 0.25) is 0 Å². The number of aromatic nitrogens is 2. The van der Waals surface area contributed by atoms with Gasteiger partial charge in [-0.05, 0) is 12.1 Å². The van der Waals surface area contributed by atoms with Crippen LogP contribution in [-0.4, -0.2) is 20.5 Å². The van der Waals surface area contributed by atoms with Crippen molar-refractivity contribution >= 4 is 11.9 Å². The van der Waals surface area contributed by atoms with Crippen molar-refractivity contribution in [2.75, 3.05) is 5.43 Å². The summed E-state index contributed by atoms with van der Waals surface area (Å²) in [4.78, 5) is 23.4. The van der Waals surface area contributed by atoms with Crippen LogP contribution in [-0.2, 0) is 14.1 Å². The predicted octanol–water partition coefficient (Wildman–Crippen LogP) is 0.236. The smallest absolute Gasteiger partial charge is 0.333 e. The third kappa shape index (κ3) is 2.46. The minimum Gasteiger partial charge on any atom is -0.494 e. The van der Waals surface area contributed by atoms with Crippen molar-refractivity contribution in [3.8, 4) is 5.88 Å². The normalized spacial score (nSPS) is 10.9. The molecule has 0 spiro atoms. The van der Waals surface area contributed by atoms with E-state index in [0.29, 0.717) is 0 Å². The topological polar surface area (TPSA) is 88.6 Å². The second-order valence-corrected chi connectivity index (χ2v) is 4.18. The van der Waals surface area contributed by atoms with Crippen LogP contribution in [0, 0.1) is 0 Å². The molecule has 0 aliphatic carbocycles. The van der Waals surface area contributed by atoms with Crippen LogP contribution in [0.4, 0.5) is 5.69 Å². The van der Waals surface area contributed by atoms with E-state index in [1.165, 1.54) is 20.3 Å². The standard InChI is InChI=1S/C13H14N4O3/c1-16-11(18)10(12(19)17(2)13(16)20)8-14-15-9-6-4-3-5-7-9/h3-8,15,18H,1-2H3/b14-8-. The van der Waals surface area contributed by atoms with E-state index >= 15 is 0 Å². The number of para-hydroxylation sites is 1. The van der Waals surface area contributed by atoms with Gasteiger partial charge in [-0.25, -0.2) is 4.79 Å². The number of anilines is 1. The largest absolute Gasteiger partial charge is 0.494 e. The van der Waals surface area contributed by atoms with Crippen LogP contribution in [0.3, 0.4) is 0 Å². The first-order chi connectivity index (χ1) is 9.52. The number of hydrazone groups is 1. The molecule has 0 radical (unpaired) electrons. The summed E-state index contributed by atoms with van der Waals surface area (Å²) in [6, 6.07) is 9.14. The molecule has 0 atom stereocenters. The first-order valence-electron chi connectivity index (χ1n) is 5.85. The lowest BCUT2D eigenvalue weighted by atomic mass is 10.3. The van der Waals surface area contributed by atoms with Crippen molar-refractivity contribution in [2.24, 2.45) is 19.2 Å². The third-order valence-corrected chi connectivity index (χ3v) is 2.83. The lowest BCUT2D eigenvalue weighted by Crippen LogP contribution is -2.38. The predicted molar refractivity (Wildman–Crippen MR) is 76.2 cm³/mol. The summed E-state index contributed by atoms with van der Waals surface area (Å²) < 4.78 is 1.88. The molecule has 0 amide bonds. The second kappa shape index (κ2) is 5.43. The lowest BCUT2D eigenvalue weighted by Gasteiger charge is -2.07. The molecule has 0 aliphatic rings. The van der Waals surface area contributed by atoms with Gasteiger partial charge in [0.15, 0.2) is 0 Å². The minimum atomic E-state index is -0.607. The molecule has 1 heterocycles. The number of aromatic hydroxyl groups is 1. The molecule has 2 aromatic rings. The summed E-state index contributed by atoms with van der Waals surface area (Å²) in [6.45, 7) is 0. The fraction of sp³-hybridized carbons (Fsp3) is 0.154. The van der Waals surface area contributed by atoms with Gasteiger partial charge in [0.2, 0.25) is 5.88 Å². The van der Waals surface area contributed by atoms with Gasteiger partial charge in [-0.3, -0.25) is 19.4 Å². The first kappa shape index (κ1) is 13.6. The highest BCUT2D eigenvalue weighted by molar-refractivity contribution is 5.82. The molecule has 0 saturated heterocycles. The number of rotatable bonds is 3. The molecule has 20 heavy (non-hydrogen) atoms. The third-order valence-electron chi connectivity index (χ3n) is 2.83. The summed E-state index contributed by atoms with van der Waals surface area (Å²) in [5.74, 6) is -0.420. The van der Waals surface area contributed by atoms with Gasteiger partial charge in [0.1, 0.15) is 5.56 Å². The zero-order valence-electron chi connectivity index (χ0n) is 11.1. The zero-order chi connectivity index (χ0) is 14.7. The Labute approximate surface area is 114 Å². The van der Waals surface area contributed by atoms with Crippen molar-refractivity contribution in [3.05, 3.63) is 56.7 Å². The van der Waals surface area contributed by atoms with Gasteiger partial charge in [-0.2, -0.15) is 5.10 Å². The summed E-state index contributed by atoms with van der Waals surface area (Å²) in [6.07, 6.45) is 1.18. The maximum atomic E-state index is 11.9. The molecular weight excluding hydrogens is 260 g/mol. The number of nitrogens with zero attached hydrogens (tertiary/aromatic N) is 3. The Balaban J connectivity index is 2.35. The van der Waals surface area contributed by atoms with Gasteiger partial charge in [-0.15, -0.1) is 0 Å². The molecule has 0 unspecified atom stereocenters. The van der Waals surface area contributed by atoms with Gasteiger partial charge in [-0.1, -0.05) is 18.2 Å². The van der Waals surface area contributed by atoms with E-state index in [9.17, 15) is 14.7 Å². The number of hydrogen-bond donors (Lipinski definition) is 2. The molecule has 7 heteroatoms. The van der Waals surface area contributed by atoms with E-state index in [4.69, 9.17) is 0 Å². The van der Waals surface area contributed by atoms with Crippen molar-refractivity contribution in [3.63, 3.8) is 0 Å². The van der Waals surface area contributed by atoms with E-state index in [-0.39, 0.29) is 5.56 Å². The zero-order valence-corrected chi connectivity index (χ0v) is 11.1. The van der Waals surface area contributed by atoms with Gasteiger partial charge >= 0.3 is 5.69 Å². The number of nitrogens with one attached hydrogen (secondary N) is 1. The highest BCUT2D eigenvalue weighted by Gasteiger charge is 2.12. The van der Waals surface area contributed by atoms with Gasteiger partial charge in [0.05, 0.1) is 11.9 Å². The molecule has 7 nitrogen and oxygen atoms in total. The van der Waals surface area contributed by atoms with E-state index in [1.54, 1.807) is 12.1 Å². The number of hydrogen-bond acceptors (Lipinski definition) is 5. The maximum Gasteiger partial charge on any atom is 0.333 e. The highest BCUT2D eigenvalue weighted by Crippen LogP contribution is 2.07. The van der Waals surface area contributed by atoms with Crippen LogP contribution < -0.4 is 16.7 Å². The second-order valence-electron chi connectivity index (χ2n) is 4.18. The van der Waals surface area contributed by atoms with Crippen LogP contribution in [0.1, 0.15) is 5.56 Å². The molecule has 1 aromatic carbocycles. The molecule has 104 valence electrons. The Morgan fingerprint density at radius 3 is 2.45 bits per heavy atom. The molecular formula is C13H14N4O3. The van der Waals surface area contributed by atoms with E-state index in [1.807, 2.05) is 18.2 Å². The highest BCUT2D eigenvalue weighted by atomic mass is 16.3. The van der Waals surface area contributed by atoms with Crippen LogP contribution in [0.25, 0.3) is 0 Å². The van der Waals surface area contributed by atoms with Crippen LogP contribution in [0.5, 0.6) is 5.88 Å². The summed E-state index contributed by atoms with van der Waals surface area (Å²) >= 11 is 0. The Bertz CT molecular complexity index is 760. The van der Waals surface area contributed by atoms with E-state index in [2.05, 4.69) is 10.5 Å². The summed E-state index contributed by atoms with van der Waals surface area (Å²) in [7, 11) is 2.71. The Hall–Kier alpha value is -2.83. The van der Waals surface area contributed by atoms with Gasteiger partial charge in [0, 0.05) is 14.1 Å². The first-order valence-corrected chi connectivity index (χ1v) is 5.85. The van der Waals surface area contributed by atoms with Crippen molar-refractivity contribution in [2.45, 2.75) is 0 Å². The van der Waals surface area contributed by atoms with E-state index in [0.717, 1.165) is 14.8 Å². The van der Waals surface area contributed by atoms with Crippen LogP contribution >= 0.6 is 0 Å². The molecule has 1 aromatic heterocycles. The Morgan fingerprint density at radius 1 is 1.15 bits per heavy atom. The maximum absolute atomic E-state index is 11.9. The van der Waals surface area contributed by atoms with Crippen LogP contribution in [0.15, 0.2) is 45.0 Å². The summed E-state index contributed by atoms with van der Waals surface area (Å²) in [5, 5.41) is 13.7. The average Bonchev–Trinajstić information content (AvgIpc) is 2.48. The monoisotopic (exact) mass is 274 g/mol. The van der Waals surface area contributed by atoms with Gasteiger partial charge in [0.25, 0.3) is 5.56 Å². The van der Waals surface area contributed by atoms with Gasteiger partial charge < -0.3 is 5.11 Å². The van der Waals surface area contributed by atoms with E-state index < -0.39 is 17.1 Å². The lowest BCUT2D eigenvalue weighted by molar-refractivity contribution is 0.410. The molecule has 0 saturated carbocycles. The molecule has 2 N–H and O–H groups in total. The minimum absolute atomic E-state index is 0.0574. The van der Waals surface area contributed by atoms with Crippen molar-refractivity contribution < 1.29 is 5.11 Å². The fourth-order valence-corrected chi connectivity index (χ4v) is 1.66. The van der Waals surface area contributed by atoms with Crippen molar-refractivity contribution in [1.29, 1.82) is 0 Å². The summed E-state index contributed by atoms with van der Waals surface area (Å²) in [5.41, 5.74) is 2.20. The molecule has 0 aliphatic heterocycles. The van der Waals surface area contributed by atoms with Crippen molar-refractivity contribution in [1.82, 2.24) is 9.13 Å². The quantitative estimate of drug-likeness (QED) is 0.619. The Morgan fingerprint density at radius 2 is 1.80 bits per heavy atom. The SMILES string of the molecule is Cn1c(O)c(/C=N\Nc2ccccc2)c(=O)n(C)c1=O. The number of benzene rings is 1.